The highest BCUT2D eigenvalue weighted by molar-refractivity contribution is 5.90. The third-order valence-electron chi connectivity index (χ3n) is 6.41. The summed E-state index contributed by atoms with van der Waals surface area (Å²) in [5.41, 5.74) is 0.218. The molecule has 0 atom stereocenters. The summed E-state index contributed by atoms with van der Waals surface area (Å²) in [5, 5.41) is 11.4. The number of rotatable bonds is 5. The Bertz CT molecular complexity index is 1190. The lowest BCUT2D eigenvalue weighted by Gasteiger charge is -2.35. The predicted molar refractivity (Wildman–Crippen MR) is 126 cm³/mol. The number of anilines is 2. The van der Waals surface area contributed by atoms with E-state index in [1.807, 2.05) is 0 Å². The Kier molecular flexibility index (Phi) is 7.11. The zero-order valence-electron chi connectivity index (χ0n) is 18.6. The monoisotopic (exact) mass is 505 g/mol. The van der Waals surface area contributed by atoms with Crippen molar-refractivity contribution in [1.29, 1.82) is 0 Å². The molecule has 5 rings (SSSR count). The first-order valence-electron chi connectivity index (χ1n) is 11.1. The highest BCUT2D eigenvalue weighted by Crippen LogP contribution is 2.41. The molecule has 2 aromatic heterocycles. The summed E-state index contributed by atoms with van der Waals surface area (Å²) in [4.78, 5) is 17.3. The van der Waals surface area contributed by atoms with Crippen LogP contribution in [0.3, 0.4) is 0 Å². The number of hydrogen-bond acceptors (Lipinski definition) is 6. The number of ether oxygens (including phenoxy) is 1. The molecule has 2 aliphatic rings. The van der Waals surface area contributed by atoms with E-state index in [2.05, 4.69) is 20.5 Å². The summed E-state index contributed by atoms with van der Waals surface area (Å²) in [6.45, 7) is 0.968. The van der Waals surface area contributed by atoms with Crippen LogP contribution in [0.1, 0.15) is 25.7 Å². The predicted octanol–water partition coefficient (Wildman–Crippen LogP) is 5.38. The van der Waals surface area contributed by atoms with Gasteiger partial charge >= 0.3 is 6.09 Å². The molecule has 1 aliphatic carbocycles. The second kappa shape index (κ2) is 10.1. The first kappa shape index (κ1) is 24.7. The summed E-state index contributed by atoms with van der Waals surface area (Å²) in [6.07, 6.45) is 3.82. The number of nitrogens with zero attached hydrogens (tertiary/aromatic N) is 4. The molecule has 184 valence electrons. The fourth-order valence-electron chi connectivity index (χ4n) is 4.59. The van der Waals surface area contributed by atoms with Gasteiger partial charge < -0.3 is 10.1 Å². The second-order valence-electron chi connectivity index (χ2n) is 8.74. The first-order valence-corrected chi connectivity index (χ1v) is 11.1. The molecular formula is C24H23ClF3N5O2. The van der Waals surface area contributed by atoms with Crippen LogP contribution in [0.5, 0.6) is 0 Å². The maximum Gasteiger partial charge on any atom is 0.415 e. The normalized spacial score (nSPS) is 21.5. The van der Waals surface area contributed by atoms with Gasteiger partial charge in [0.15, 0.2) is 0 Å². The molecule has 1 amide bonds. The summed E-state index contributed by atoms with van der Waals surface area (Å²) in [7, 11) is 0. The van der Waals surface area contributed by atoms with Gasteiger partial charge in [0.05, 0.1) is 12.2 Å². The summed E-state index contributed by atoms with van der Waals surface area (Å²) < 4.78 is 46.6. The molecule has 1 spiro atoms. The highest BCUT2D eigenvalue weighted by atomic mass is 35.5. The van der Waals surface area contributed by atoms with Crippen LogP contribution in [-0.2, 0) is 4.74 Å². The molecule has 7 nitrogen and oxygen atoms in total. The average Bonchev–Trinajstić information content (AvgIpc) is 3.14. The highest BCUT2D eigenvalue weighted by Gasteiger charge is 2.48. The van der Waals surface area contributed by atoms with Crippen LogP contribution in [0.15, 0.2) is 48.7 Å². The molecule has 3 aromatic rings. The quantitative estimate of drug-likeness (QED) is 0.469. The van der Waals surface area contributed by atoms with Crippen LogP contribution >= 0.6 is 12.4 Å². The van der Waals surface area contributed by atoms with E-state index in [4.69, 9.17) is 4.74 Å². The molecule has 1 saturated carbocycles. The van der Waals surface area contributed by atoms with Crippen molar-refractivity contribution in [3.8, 4) is 11.3 Å². The molecule has 0 unspecified atom stereocenters. The number of carbonyl (C=O) groups is 1. The molecule has 1 N–H and O–H groups in total. The number of nitrogens with one attached hydrogen (secondary N) is 1. The van der Waals surface area contributed by atoms with Crippen molar-refractivity contribution in [2.24, 2.45) is 5.92 Å². The number of amides is 1. The average molecular weight is 506 g/mol. The van der Waals surface area contributed by atoms with Gasteiger partial charge in [0.1, 0.15) is 28.7 Å². The first-order chi connectivity index (χ1) is 16.4. The molecule has 35 heavy (non-hydrogen) atoms. The van der Waals surface area contributed by atoms with Gasteiger partial charge in [0.25, 0.3) is 0 Å². The van der Waals surface area contributed by atoms with Crippen LogP contribution < -0.4 is 10.2 Å². The van der Waals surface area contributed by atoms with Crippen LogP contribution in [0.2, 0.25) is 0 Å². The maximum atomic E-state index is 14.0. The van der Waals surface area contributed by atoms with Gasteiger partial charge in [-0.25, -0.2) is 18.6 Å². The number of pyridine rings is 1. The van der Waals surface area contributed by atoms with Gasteiger partial charge in [-0.2, -0.15) is 4.39 Å². The summed E-state index contributed by atoms with van der Waals surface area (Å²) in [5.74, 6) is -1.13. The SMILES string of the molecule is Cl.O=C1O[C@]2(CC[C@H](CNc3ccc(-c4cc(F)cc(F)c4)nn3)CC2)CN1c1cccnc1F. The van der Waals surface area contributed by atoms with E-state index in [0.29, 0.717) is 48.9 Å². The molecule has 1 saturated heterocycles. The Morgan fingerprint density at radius 1 is 1.06 bits per heavy atom. The molecule has 2 fully saturated rings. The molecule has 11 heteroatoms. The fraction of sp³-hybridized carbons (Fsp3) is 0.333. The molecular weight excluding hydrogens is 483 g/mol. The molecule has 1 aliphatic heterocycles. The number of carbonyl (C=O) groups excluding carboxylic acids is 1. The van der Waals surface area contributed by atoms with Crippen molar-refractivity contribution in [2.75, 3.05) is 23.3 Å². The second-order valence-corrected chi connectivity index (χ2v) is 8.74. The van der Waals surface area contributed by atoms with Crippen LogP contribution in [0, 0.1) is 23.5 Å². The Hall–Kier alpha value is -3.40. The zero-order chi connectivity index (χ0) is 23.7. The number of benzene rings is 1. The van der Waals surface area contributed by atoms with Crippen molar-refractivity contribution in [2.45, 2.75) is 31.3 Å². The third kappa shape index (κ3) is 5.32. The van der Waals surface area contributed by atoms with Gasteiger partial charge in [-0.05, 0) is 68.0 Å². The van der Waals surface area contributed by atoms with Gasteiger partial charge in [0.2, 0.25) is 5.95 Å². The van der Waals surface area contributed by atoms with Crippen molar-refractivity contribution in [3.63, 3.8) is 0 Å². The third-order valence-corrected chi connectivity index (χ3v) is 6.41. The molecule has 0 radical (unpaired) electrons. The Morgan fingerprint density at radius 2 is 1.80 bits per heavy atom. The Labute approximate surface area is 206 Å². The Balaban J connectivity index is 0.00000289. The van der Waals surface area contributed by atoms with E-state index in [1.165, 1.54) is 29.3 Å². The van der Waals surface area contributed by atoms with E-state index >= 15 is 0 Å². The van der Waals surface area contributed by atoms with Crippen molar-refractivity contribution >= 4 is 30.0 Å². The van der Waals surface area contributed by atoms with E-state index in [0.717, 1.165) is 18.9 Å². The topological polar surface area (TPSA) is 80.2 Å². The smallest absolute Gasteiger partial charge is 0.415 e. The van der Waals surface area contributed by atoms with E-state index < -0.39 is 29.3 Å². The minimum atomic E-state index is -0.691. The molecule has 1 aromatic carbocycles. The maximum absolute atomic E-state index is 14.0. The van der Waals surface area contributed by atoms with E-state index in [9.17, 15) is 18.0 Å². The van der Waals surface area contributed by atoms with Gasteiger partial charge in [0, 0.05) is 24.4 Å². The largest absolute Gasteiger partial charge is 0.441 e. The minimum Gasteiger partial charge on any atom is -0.441 e. The summed E-state index contributed by atoms with van der Waals surface area (Å²) >= 11 is 0. The lowest BCUT2D eigenvalue weighted by atomic mass is 9.78. The Morgan fingerprint density at radius 3 is 2.46 bits per heavy atom. The number of halogens is 4. The number of hydrogen-bond donors (Lipinski definition) is 1. The minimum absolute atomic E-state index is 0. The standard InChI is InChI=1S/C24H22F3N5O2.ClH/c25-17-10-16(11-18(26)12-17)19-3-4-21(31-30-19)29-13-15-5-7-24(8-6-15)14-32(23(33)34-24)20-2-1-9-28-22(20)27;/h1-4,9-12,15H,5-8,13-14H2,(H,29,31);1H/t15-,24-;. The van der Waals surface area contributed by atoms with Crippen LogP contribution in [0.25, 0.3) is 11.3 Å². The van der Waals surface area contributed by atoms with Gasteiger partial charge in [-0.15, -0.1) is 22.6 Å². The van der Waals surface area contributed by atoms with Crippen molar-refractivity contribution < 1.29 is 22.7 Å². The summed E-state index contributed by atoms with van der Waals surface area (Å²) in [6, 6.07) is 9.70. The van der Waals surface area contributed by atoms with Gasteiger partial charge in [-0.1, -0.05) is 0 Å². The van der Waals surface area contributed by atoms with Crippen molar-refractivity contribution in [3.05, 3.63) is 66.2 Å². The zero-order valence-corrected chi connectivity index (χ0v) is 19.4. The number of aromatic nitrogens is 3. The van der Waals surface area contributed by atoms with E-state index in [-0.39, 0.29) is 18.1 Å². The lowest BCUT2D eigenvalue weighted by Crippen LogP contribution is -2.39. The van der Waals surface area contributed by atoms with E-state index in [1.54, 1.807) is 18.2 Å². The lowest BCUT2D eigenvalue weighted by molar-refractivity contribution is 0.0148. The van der Waals surface area contributed by atoms with Crippen LogP contribution in [-0.4, -0.2) is 40.0 Å². The molecule has 0 bridgehead atoms. The fourth-order valence-corrected chi connectivity index (χ4v) is 4.59. The molecule has 3 heterocycles. The van der Waals surface area contributed by atoms with Crippen molar-refractivity contribution in [1.82, 2.24) is 15.2 Å². The van der Waals surface area contributed by atoms with Gasteiger partial charge in [-0.3, -0.25) is 4.90 Å². The van der Waals surface area contributed by atoms with Crippen LogP contribution in [0.4, 0.5) is 29.5 Å².